The van der Waals surface area contributed by atoms with Crippen LogP contribution >= 0.6 is 0 Å². The Balaban J connectivity index is 1.84. The molecule has 0 aliphatic carbocycles. The number of likely N-dealkylation sites (tertiary alicyclic amines) is 1. The highest BCUT2D eigenvalue weighted by Crippen LogP contribution is 2.30. The molecule has 1 aromatic carbocycles. The molecule has 2 aliphatic heterocycles. The monoisotopic (exact) mass is 289 g/mol. The first-order valence-corrected chi connectivity index (χ1v) is 7.56. The zero-order valence-corrected chi connectivity index (χ0v) is 12.7. The molecule has 5 nitrogen and oxygen atoms in total. The molecule has 2 aliphatic rings. The molecule has 2 unspecified atom stereocenters. The third kappa shape index (κ3) is 2.89. The molecule has 0 radical (unpaired) electrons. The van der Waals surface area contributed by atoms with E-state index < -0.39 is 0 Å². The van der Waals surface area contributed by atoms with Crippen molar-refractivity contribution in [2.24, 2.45) is 0 Å². The van der Waals surface area contributed by atoms with Crippen LogP contribution in [0.2, 0.25) is 0 Å². The number of rotatable bonds is 3. The van der Waals surface area contributed by atoms with Gasteiger partial charge >= 0.3 is 0 Å². The number of carbonyl (C=O) groups is 1. The Hall–Kier alpha value is -1.59. The lowest BCUT2D eigenvalue weighted by molar-refractivity contribution is -0.131. The zero-order valence-electron chi connectivity index (χ0n) is 12.7. The molecule has 1 amide bonds. The maximum absolute atomic E-state index is 12.3. The summed E-state index contributed by atoms with van der Waals surface area (Å²) in [6, 6.07) is 8.26. The summed E-state index contributed by atoms with van der Waals surface area (Å²) in [5.74, 6) is 1.03. The average molecular weight is 289 g/mol. The van der Waals surface area contributed by atoms with Gasteiger partial charge in [0.05, 0.1) is 13.7 Å². The molecular formula is C16H23N3O2. The average Bonchev–Trinajstić information content (AvgIpc) is 2.89. The molecule has 1 aromatic rings. The Bertz CT molecular complexity index is 520. The molecule has 0 saturated carbocycles. The molecule has 2 saturated heterocycles. The van der Waals surface area contributed by atoms with Gasteiger partial charge in [0.2, 0.25) is 5.91 Å². The van der Waals surface area contributed by atoms with Gasteiger partial charge in [0.1, 0.15) is 11.9 Å². The summed E-state index contributed by atoms with van der Waals surface area (Å²) in [6.45, 7) is 2.49. The van der Waals surface area contributed by atoms with Gasteiger partial charge in [0.25, 0.3) is 0 Å². The topological polar surface area (TPSA) is 44.8 Å². The second-order valence-corrected chi connectivity index (χ2v) is 5.92. The minimum Gasteiger partial charge on any atom is -0.497 e. The maximum atomic E-state index is 12.3. The second kappa shape index (κ2) is 6.03. The normalized spacial score (nSPS) is 27.1. The van der Waals surface area contributed by atoms with E-state index in [1.165, 1.54) is 0 Å². The van der Waals surface area contributed by atoms with Crippen LogP contribution in [0.5, 0.6) is 5.75 Å². The standard InChI is InChI=1S/C16H23N3O2/c1-18-8-4-6-13(11-18)19-15(20)10-17-16(19)12-5-3-7-14(9-12)21-2/h3,5,7,9,13,16-17H,4,6,8,10-11H2,1-2H3. The van der Waals surface area contributed by atoms with Crippen LogP contribution in [0.3, 0.4) is 0 Å². The third-order valence-electron chi connectivity index (χ3n) is 4.42. The number of nitrogens with zero attached hydrogens (tertiary/aromatic N) is 2. The van der Waals surface area contributed by atoms with Crippen molar-refractivity contribution in [1.29, 1.82) is 0 Å². The van der Waals surface area contributed by atoms with Crippen molar-refractivity contribution in [2.75, 3.05) is 33.8 Å². The lowest BCUT2D eigenvalue weighted by Gasteiger charge is -2.38. The molecule has 21 heavy (non-hydrogen) atoms. The fourth-order valence-corrected chi connectivity index (χ4v) is 3.39. The van der Waals surface area contributed by atoms with Gasteiger partial charge in [0, 0.05) is 12.6 Å². The zero-order chi connectivity index (χ0) is 14.8. The van der Waals surface area contributed by atoms with E-state index in [0.29, 0.717) is 12.6 Å². The van der Waals surface area contributed by atoms with E-state index >= 15 is 0 Å². The summed E-state index contributed by atoms with van der Waals surface area (Å²) in [5, 5.41) is 3.34. The first kappa shape index (κ1) is 14.4. The highest BCUT2D eigenvalue weighted by molar-refractivity contribution is 5.81. The van der Waals surface area contributed by atoms with Crippen molar-refractivity contribution in [2.45, 2.75) is 25.0 Å². The van der Waals surface area contributed by atoms with Gasteiger partial charge in [-0.2, -0.15) is 0 Å². The highest BCUT2D eigenvalue weighted by atomic mass is 16.5. The van der Waals surface area contributed by atoms with Crippen LogP contribution in [0.1, 0.15) is 24.6 Å². The summed E-state index contributed by atoms with van der Waals surface area (Å²) in [5.41, 5.74) is 1.09. The molecule has 2 atom stereocenters. The number of piperidine rings is 1. The van der Waals surface area contributed by atoms with Crippen molar-refractivity contribution in [3.63, 3.8) is 0 Å². The number of nitrogens with one attached hydrogen (secondary N) is 1. The summed E-state index contributed by atoms with van der Waals surface area (Å²) >= 11 is 0. The van der Waals surface area contributed by atoms with Crippen LogP contribution in [-0.2, 0) is 4.79 Å². The lowest BCUT2D eigenvalue weighted by Crippen LogP contribution is -2.48. The number of likely N-dealkylation sites (N-methyl/N-ethyl adjacent to an activating group) is 1. The SMILES string of the molecule is COc1cccc(C2NCC(=O)N2C2CCCN(C)C2)c1. The van der Waals surface area contributed by atoms with Gasteiger partial charge in [0.15, 0.2) is 0 Å². The molecular weight excluding hydrogens is 266 g/mol. The van der Waals surface area contributed by atoms with Crippen LogP contribution in [0.25, 0.3) is 0 Å². The van der Waals surface area contributed by atoms with Gasteiger partial charge < -0.3 is 14.5 Å². The maximum Gasteiger partial charge on any atom is 0.238 e. The molecule has 114 valence electrons. The Morgan fingerprint density at radius 2 is 2.24 bits per heavy atom. The minimum absolute atomic E-state index is 0.0379. The van der Waals surface area contributed by atoms with Crippen LogP contribution in [0.15, 0.2) is 24.3 Å². The Morgan fingerprint density at radius 3 is 3.00 bits per heavy atom. The van der Waals surface area contributed by atoms with E-state index in [2.05, 4.69) is 23.3 Å². The van der Waals surface area contributed by atoms with E-state index in [4.69, 9.17) is 4.74 Å². The van der Waals surface area contributed by atoms with E-state index in [0.717, 1.165) is 37.2 Å². The number of hydrogen-bond acceptors (Lipinski definition) is 4. The Kier molecular flexibility index (Phi) is 4.12. The smallest absolute Gasteiger partial charge is 0.238 e. The Morgan fingerprint density at radius 1 is 1.38 bits per heavy atom. The quantitative estimate of drug-likeness (QED) is 0.909. The summed E-state index contributed by atoms with van der Waals surface area (Å²) in [6.07, 6.45) is 2.19. The number of amides is 1. The van der Waals surface area contributed by atoms with E-state index in [1.807, 2.05) is 23.1 Å². The molecule has 5 heteroatoms. The minimum atomic E-state index is -0.0379. The number of hydrogen-bond donors (Lipinski definition) is 1. The third-order valence-corrected chi connectivity index (χ3v) is 4.42. The van der Waals surface area contributed by atoms with E-state index in [1.54, 1.807) is 7.11 Å². The first-order valence-electron chi connectivity index (χ1n) is 7.56. The van der Waals surface area contributed by atoms with Crippen molar-refractivity contribution >= 4 is 5.91 Å². The van der Waals surface area contributed by atoms with Crippen LogP contribution in [0, 0.1) is 0 Å². The summed E-state index contributed by atoms with van der Waals surface area (Å²) in [7, 11) is 3.79. The number of methoxy groups -OCH3 is 1. The first-order chi connectivity index (χ1) is 10.2. The van der Waals surface area contributed by atoms with Crippen LogP contribution in [-0.4, -0.2) is 55.5 Å². The molecule has 3 rings (SSSR count). The van der Waals surface area contributed by atoms with Gasteiger partial charge in [-0.05, 0) is 44.1 Å². The summed E-state index contributed by atoms with van der Waals surface area (Å²) in [4.78, 5) is 16.7. The number of benzene rings is 1. The fraction of sp³-hybridized carbons (Fsp3) is 0.562. The van der Waals surface area contributed by atoms with Gasteiger partial charge in [-0.3, -0.25) is 10.1 Å². The lowest BCUT2D eigenvalue weighted by atomic mass is 10.0. The van der Waals surface area contributed by atoms with E-state index in [-0.39, 0.29) is 12.1 Å². The largest absolute Gasteiger partial charge is 0.497 e. The van der Waals surface area contributed by atoms with Gasteiger partial charge in [-0.25, -0.2) is 0 Å². The highest BCUT2D eigenvalue weighted by Gasteiger charge is 2.38. The predicted octanol–water partition coefficient (Wildman–Crippen LogP) is 1.22. The molecule has 0 spiro atoms. The number of ether oxygens (including phenoxy) is 1. The van der Waals surface area contributed by atoms with Crippen molar-refractivity contribution < 1.29 is 9.53 Å². The fourth-order valence-electron chi connectivity index (χ4n) is 3.39. The molecule has 0 bridgehead atoms. The molecule has 2 heterocycles. The molecule has 2 fully saturated rings. The molecule has 0 aromatic heterocycles. The summed E-state index contributed by atoms with van der Waals surface area (Å²) < 4.78 is 5.30. The Labute approximate surface area is 125 Å². The second-order valence-electron chi connectivity index (χ2n) is 5.92. The molecule has 1 N–H and O–H groups in total. The van der Waals surface area contributed by atoms with Gasteiger partial charge in [-0.1, -0.05) is 12.1 Å². The van der Waals surface area contributed by atoms with Crippen molar-refractivity contribution in [3.8, 4) is 5.75 Å². The van der Waals surface area contributed by atoms with Crippen molar-refractivity contribution in [3.05, 3.63) is 29.8 Å². The van der Waals surface area contributed by atoms with Crippen LogP contribution < -0.4 is 10.1 Å². The van der Waals surface area contributed by atoms with Gasteiger partial charge in [-0.15, -0.1) is 0 Å². The number of carbonyl (C=O) groups excluding carboxylic acids is 1. The van der Waals surface area contributed by atoms with Crippen LogP contribution in [0.4, 0.5) is 0 Å². The van der Waals surface area contributed by atoms with E-state index in [9.17, 15) is 4.79 Å². The van der Waals surface area contributed by atoms with Crippen molar-refractivity contribution in [1.82, 2.24) is 15.1 Å². The predicted molar refractivity (Wildman–Crippen MR) is 81.1 cm³/mol.